The zero-order valence-electron chi connectivity index (χ0n) is 16.3. The van der Waals surface area contributed by atoms with Crippen LogP contribution in [-0.4, -0.2) is 25.0 Å². The van der Waals surface area contributed by atoms with Gasteiger partial charge in [-0.1, -0.05) is 55.0 Å². The number of carboxylic acid groups (broad SMARTS) is 1. The van der Waals surface area contributed by atoms with Crippen LogP contribution in [-0.2, 0) is 20.4 Å². The lowest BCUT2D eigenvalue weighted by Crippen LogP contribution is -2.54. The summed E-state index contributed by atoms with van der Waals surface area (Å²) in [7, 11) is -5.86. The number of halogens is 3. The standard InChI is InChI=1S/C21H20F3NO4S/c1-3-20(17-10-8-14(2)9-11-17)13-16(19(26)27)12-15-6-4-5-7-18(15)25(20)30(28,29)21(22,23)24/h4-12H,3,13H2,1-2H3,(H,26,27). The minimum Gasteiger partial charge on any atom is -0.478 e. The molecule has 2 aromatic rings. The fourth-order valence-corrected chi connectivity index (χ4v) is 5.20. The van der Waals surface area contributed by atoms with Gasteiger partial charge in [0.25, 0.3) is 0 Å². The van der Waals surface area contributed by atoms with E-state index in [2.05, 4.69) is 0 Å². The maximum atomic E-state index is 13.8. The van der Waals surface area contributed by atoms with Gasteiger partial charge in [0.05, 0.1) is 11.2 Å². The van der Waals surface area contributed by atoms with E-state index in [1.165, 1.54) is 30.3 Å². The highest BCUT2D eigenvalue weighted by molar-refractivity contribution is 7.93. The monoisotopic (exact) mass is 439 g/mol. The largest absolute Gasteiger partial charge is 0.516 e. The fraction of sp³-hybridized carbons (Fsp3) is 0.286. The summed E-state index contributed by atoms with van der Waals surface area (Å²) in [6.07, 6.45) is 0.734. The van der Waals surface area contributed by atoms with Crippen molar-refractivity contribution >= 4 is 27.8 Å². The summed E-state index contributed by atoms with van der Waals surface area (Å²) in [6, 6.07) is 12.0. The van der Waals surface area contributed by atoms with Crippen LogP contribution in [0.2, 0.25) is 0 Å². The average Bonchev–Trinajstić information content (AvgIpc) is 2.83. The predicted molar refractivity (Wildman–Crippen MR) is 107 cm³/mol. The van der Waals surface area contributed by atoms with Crippen LogP contribution in [0.1, 0.15) is 36.5 Å². The second kappa shape index (κ2) is 7.46. The Morgan fingerprint density at radius 2 is 1.73 bits per heavy atom. The third kappa shape index (κ3) is 3.47. The number of carbonyl (C=O) groups is 1. The number of carboxylic acids is 1. The van der Waals surface area contributed by atoms with Gasteiger partial charge in [0.2, 0.25) is 0 Å². The molecule has 9 heteroatoms. The number of anilines is 1. The molecule has 3 rings (SSSR count). The van der Waals surface area contributed by atoms with Gasteiger partial charge < -0.3 is 5.11 Å². The van der Waals surface area contributed by atoms with Gasteiger partial charge in [-0.25, -0.2) is 4.79 Å². The third-order valence-electron chi connectivity index (χ3n) is 5.34. The van der Waals surface area contributed by atoms with E-state index in [1.807, 2.05) is 0 Å². The molecule has 0 aliphatic carbocycles. The van der Waals surface area contributed by atoms with Gasteiger partial charge in [-0.15, -0.1) is 0 Å². The van der Waals surface area contributed by atoms with Crippen molar-refractivity contribution in [2.24, 2.45) is 0 Å². The number of nitrogens with zero attached hydrogens (tertiary/aromatic N) is 1. The minimum atomic E-state index is -5.86. The van der Waals surface area contributed by atoms with Crippen molar-refractivity contribution in [3.8, 4) is 0 Å². The van der Waals surface area contributed by atoms with Crippen LogP contribution in [0.15, 0.2) is 54.1 Å². The number of sulfonamides is 1. The normalized spacial score (nSPS) is 19.6. The summed E-state index contributed by atoms with van der Waals surface area (Å²) in [6.45, 7) is 3.34. The number of rotatable bonds is 4. The van der Waals surface area contributed by atoms with Crippen LogP contribution in [0.4, 0.5) is 18.9 Å². The molecule has 0 saturated carbocycles. The van der Waals surface area contributed by atoms with Crippen molar-refractivity contribution in [3.63, 3.8) is 0 Å². The van der Waals surface area contributed by atoms with E-state index in [-0.39, 0.29) is 28.8 Å². The van der Waals surface area contributed by atoms with Gasteiger partial charge >= 0.3 is 21.5 Å². The first kappa shape index (κ1) is 21.9. The number of aliphatic carboxylic acids is 1. The lowest BCUT2D eigenvalue weighted by molar-refractivity contribution is -0.132. The van der Waals surface area contributed by atoms with E-state index in [9.17, 15) is 31.5 Å². The quantitative estimate of drug-likeness (QED) is 0.741. The van der Waals surface area contributed by atoms with Crippen LogP contribution >= 0.6 is 0 Å². The van der Waals surface area contributed by atoms with Gasteiger partial charge in [0.15, 0.2) is 0 Å². The van der Waals surface area contributed by atoms with Gasteiger partial charge in [-0.05, 0) is 36.6 Å². The number of alkyl halides is 3. The molecular weight excluding hydrogens is 419 g/mol. The number of benzene rings is 2. The zero-order chi connectivity index (χ0) is 22.3. The molecule has 0 spiro atoms. The van der Waals surface area contributed by atoms with Crippen LogP contribution in [0, 0.1) is 6.92 Å². The average molecular weight is 439 g/mol. The molecule has 1 atom stereocenters. The topological polar surface area (TPSA) is 74.7 Å². The smallest absolute Gasteiger partial charge is 0.478 e. The van der Waals surface area contributed by atoms with E-state index in [0.29, 0.717) is 4.31 Å². The lowest BCUT2D eigenvalue weighted by atomic mass is 9.81. The number of aryl methyl sites for hydroxylation is 1. The van der Waals surface area contributed by atoms with Gasteiger partial charge in [-0.2, -0.15) is 21.6 Å². The Morgan fingerprint density at radius 3 is 2.27 bits per heavy atom. The molecule has 0 fully saturated rings. The number of fused-ring (bicyclic) bond motifs is 1. The lowest BCUT2D eigenvalue weighted by Gasteiger charge is -2.44. The molecular formula is C21H20F3NO4S. The third-order valence-corrected chi connectivity index (χ3v) is 6.95. The molecule has 0 radical (unpaired) electrons. The number of para-hydroxylation sites is 1. The van der Waals surface area contributed by atoms with Crippen LogP contribution < -0.4 is 4.31 Å². The molecule has 2 aromatic carbocycles. The van der Waals surface area contributed by atoms with Crippen molar-refractivity contribution in [2.75, 3.05) is 4.31 Å². The fourth-order valence-electron chi connectivity index (χ4n) is 3.81. The molecule has 0 amide bonds. The summed E-state index contributed by atoms with van der Waals surface area (Å²) in [4.78, 5) is 11.9. The summed E-state index contributed by atoms with van der Waals surface area (Å²) < 4.78 is 67.4. The van der Waals surface area contributed by atoms with Crippen LogP contribution in [0.5, 0.6) is 0 Å². The Hall–Kier alpha value is -2.81. The highest BCUT2D eigenvalue weighted by Crippen LogP contribution is 2.49. The predicted octanol–water partition coefficient (Wildman–Crippen LogP) is 4.83. The molecule has 1 aliphatic heterocycles. The molecule has 30 heavy (non-hydrogen) atoms. The Kier molecular flexibility index (Phi) is 5.44. The first-order valence-corrected chi connectivity index (χ1v) is 10.6. The molecule has 1 heterocycles. The maximum Gasteiger partial charge on any atom is 0.516 e. The van der Waals surface area contributed by atoms with Gasteiger partial charge in [0.1, 0.15) is 0 Å². The Bertz CT molecular complexity index is 1110. The summed E-state index contributed by atoms with van der Waals surface area (Å²) in [5, 5.41) is 9.70. The van der Waals surface area contributed by atoms with Crippen molar-refractivity contribution in [2.45, 2.75) is 37.7 Å². The van der Waals surface area contributed by atoms with E-state index in [1.54, 1.807) is 38.1 Å². The van der Waals surface area contributed by atoms with E-state index >= 15 is 0 Å². The van der Waals surface area contributed by atoms with Gasteiger partial charge in [-0.3, -0.25) is 4.31 Å². The Balaban J connectivity index is 2.45. The summed E-state index contributed by atoms with van der Waals surface area (Å²) in [5.41, 5.74) is -6.54. The van der Waals surface area contributed by atoms with Crippen LogP contribution in [0.25, 0.3) is 6.08 Å². The first-order chi connectivity index (χ1) is 13.9. The Labute approximate surface area is 172 Å². The second-order valence-electron chi connectivity index (χ2n) is 7.18. The number of hydrogen-bond donors (Lipinski definition) is 1. The highest BCUT2D eigenvalue weighted by atomic mass is 32.2. The van der Waals surface area contributed by atoms with Crippen LogP contribution in [0.3, 0.4) is 0 Å². The molecule has 1 aliphatic rings. The number of hydrogen-bond acceptors (Lipinski definition) is 3. The Morgan fingerprint density at radius 1 is 1.13 bits per heavy atom. The van der Waals surface area contributed by atoms with Crippen molar-refractivity contribution in [1.82, 2.24) is 0 Å². The summed E-state index contributed by atoms with van der Waals surface area (Å²) >= 11 is 0. The van der Waals surface area contributed by atoms with E-state index in [4.69, 9.17) is 0 Å². The minimum absolute atomic E-state index is 0.0790. The van der Waals surface area contributed by atoms with Gasteiger partial charge in [0, 0.05) is 12.0 Å². The second-order valence-corrected chi connectivity index (χ2v) is 8.95. The molecule has 0 aromatic heterocycles. The van der Waals surface area contributed by atoms with E-state index in [0.717, 1.165) is 5.56 Å². The molecule has 0 bridgehead atoms. The SMILES string of the molecule is CCC1(c2ccc(C)cc2)CC(C(=O)O)=Cc2ccccc2N1S(=O)(=O)C(F)(F)F. The van der Waals surface area contributed by atoms with Crippen molar-refractivity contribution in [1.29, 1.82) is 0 Å². The highest BCUT2D eigenvalue weighted by Gasteiger charge is 2.57. The molecule has 1 unspecified atom stereocenters. The van der Waals surface area contributed by atoms with Crippen molar-refractivity contribution < 1.29 is 31.5 Å². The van der Waals surface area contributed by atoms with E-state index < -0.39 is 33.5 Å². The van der Waals surface area contributed by atoms with Crippen molar-refractivity contribution in [3.05, 3.63) is 70.8 Å². The maximum absolute atomic E-state index is 13.8. The summed E-state index contributed by atoms with van der Waals surface area (Å²) in [5.74, 6) is -1.32. The first-order valence-electron chi connectivity index (χ1n) is 9.16. The molecule has 160 valence electrons. The molecule has 1 N–H and O–H groups in total. The zero-order valence-corrected chi connectivity index (χ0v) is 17.1. The molecule has 0 saturated heterocycles. The molecule has 5 nitrogen and oxygen atoms in total.